The van der Waals surface area contributed by atoms with Gasteiger partial charge in [0.1, 0.15) is 11.4 Å². The number of anilines is 1. The van der Waals surface area contributed by atoms with E-state index in [4.69, 9.17) is 5.26 Å². The topological polar surface area (TPSA) is 82.7 Å². The molecule has 0 spiro atoms. The zero-order valence-corrected chi connectivity index (χ0v) is 22.7. The van der Waals surface area contributed by atoms with Crippen LogP contribution in [0.4, 0.5) is 19.0 Å². The fourth-order valence-electron chi connectivity index (χ4n) is 5.54. The molecule has 41 heavy (non-hydrogen) atoms. The third kappa shape index (κ3) is 5.42. The second-order valence-electron chi connectivity index (χ2n) is 10.3. The summed E-state index contributed by atoms with van der Waals surface area (Å²) in [7, 11) is 0. The number of fused-ring (bicyclic) bond motifs is 1. The van der Waals surface area contributed by atoms with Gasteiger partial charge in [-0.3, -0.25) is 4.79 Å². The quantitative estimate of drug-likeness (QED) is 0.246. The fourth-order valence-corrected chi connectivity index (χ4v) is 5.54. The molecule has 1 amide bonds. The van der Waals surface area contributed by atoms with E-state index < -0.39 is 29.7 Å². The second kappa shape index (κ2) is 11.1. The Morgan fingerprint density at radius 3 is 2.17 bits per heavy atom. The lowest BCUT2D eigenvalue weighted by Crippen LogP contribution is -2.45. The molecule has 0 saturated heterocycles. The van der Waals surface area contributed by atoms with Crippen LogP contribution >= 0.6 is 0 Å². The number of aromatic nitrogens is 2. The number of nitriles is 1. The van der Waals surface area contributed by atoms with E-state index in [1.54, 1.807) is 36.4 Å². The van der Waals surface area contributed by atoms with Gasteiger partial charge < -0.3 is 10.6 Å². The smallest absolute Gasteiger partial charge is 0.363 e. The van der Waals surface area contributed by atoms with Crippen LogP contribution in [0.2, 0.25) is 0 Å². The molecular weight excluding hydrogens is 527 g/mol. The van der Waals surface area contributed by atoms with Gasteiger partial charge in [-0.05, 0) is 47.2 Å². The first-order valence-electron chi connectivity index (χ1n) is 13.6. The molecule has 3 aromatic carbocycles. The summed E-state index contributed by atoms with van der Waals surface area (Å²) in [6.07, 6.45) is -2.41. The summed E-state index contributed by atoms with van der Waals surface area (Å²) in [4.78, 5) is 13.7. The monoisotopic (exact) mass is 557 g/mol. The minimum Gasteiger partial charge on any atom is -0.363 e. The van der Waals surface area contributed by atoms with Gasteiger partial charge in [0, 0.05) is 6.42 Å². The van der Waals surface area contributed by atoms with Crippen LogP contribution in [-0.2, 0) is 5.54 Å². The standard InChI is InChI=1S/C32H30F3N5O/c1-3-31(4-2,25-16-14-23(15-17-25)22-12-10-21(19-36)11-13-22)39-30(41)26-20-37-40-28(32(33,34)35)18-27(38-29(26)40)24-8-6-5-7-9-24/h5-17,20,27-28,38H,3-4,18H2,1-2H3,(H,39,41). The summed E-state index contributed by atoms with van der Waals surface area (Å²) in [6.45, 7) is 3.93. The van der Waals surface area contributed by atoms with E-state index in [0.717, 1.165) is 21.4 Å². The Morgan fingerprint density at radius 1 is 1.00 bits per heavy atom. The second-order valence-corrected chi connectivity index (χ2v) is 10.3. The summed E-state index contributed by atoms with van der Waals surface area (Å²) in [5, 5.41) is 19.4. The van der Waals surface area contributed by atoms with Crippen molar-refractivity contribution in [1.82, 2.24) is 15.1 Å². The van der Waals surface area contributed by atoms with Crippen molar-refractivity contribution >= 4 is 11.7 Å². The molecule has 2 atom stereocenters. The van der Waals surface area contributed by atoms with Crippen molar-refractivity contribution in [2.24, 2.45) is 0 Å². The Balaban J connectivity index is 1.44. The highest BCUT2D eigenvalue weighted by Gasteiger charge is 2.47. The molecule has 0 bridgehead atoms. The molecule has 4 aromatic rings. The van der Waals surface area contributed by atoms with Gasteiger partial charge in [-0.1, -0.05) is 80.6 Å². The molecule has 0 aliphatic carbocycles. The largest absolute Gasteiger partial charge is 0.410 e. The van der Waals surface area contributed by atoms with Gasteiger partial charge in [-0.15, -0.1) is 0 Å². The van der Waals surface area contributed by atoms with Gasteiger partial charge in [0.05, 0.1) is 29.4 Å². The molecule has 1 aliphatic rings. The summed E-state index contributed by atoms with van der Waals surface area (Å²) >= 11 is 0. The molecule has 1 aliphatic heterocycles. The number of nitrogens with one attached hydrogen (secondary N) is 2. The van der Waals surface area contributed by atoms with Gasteiger partial charge in [0.25, 0.3) is 5.91 Å². The number of benzene rings is 3. The van der Waals surface area contributed by atoms with Gasteiger partial charge >= 0.3 is 6.18 Å². The predicted molar refractivity (Wildman–Crippen MR) is 151 cm³/mol. The lowest BCUT2D eigenvalue weighted by Gasteiger charge is -2.35. The van der Waals surface area contributed by atoms with Crippen LogP contribution in [0.15, 0.2) is 85.1 Å². The molecular formula is C32H30F3N5O. The summed E-state index contributed by atoms with van der Waals surface area (Å²) in [5.74, 6) is -0.435. The van der Waals surface area contributed by atoms with Gasteiger partial charge in [0.15, 0.2) is 6.04 Å². The molecule has 6 nitrogen and oxygen atoms in total. The van der Waals surface area contributed by atoms with E-state index in [0.29, 0.717) is 24.0 Å². The molecule has 0 radical (unpaired) electrons. The van der Waals surface area contributed by atoms with Crippen LogP contribution < -0.4 is 10.6 Å². The Morgan fingerprint density at radius 2 is 1.61 bits per heavy atom. The average molecular weight is 558 g/mol. The van der Waals surface area contributed by atoms with E-state index in [1.165, 1.54) is 6.20 Å². The Kier molecular flexibility index (Phi) is 7.59. The first kappa shape index (κ1) is 28.0. The molecule has 210 valence electrons. The van der Waals surface area contributed by atoms with Crippen molar-refractivity contribution in [2.45, 2.75) is 56.9 Å². The minimum absolute atomic E-state index is 0.0576. The van der Waals surface area contributed by atoms with Crippen LogP contribution in [0.25, 0.3) is 11.1 Å². The molecule has 2 heterocycles. The van der Waals surface area contributed by atoms with E-state index in [2.05, 4.69) is 21.8 Å². The number of hydrogen-bond acceptors (Lipinski definition) is 4. The highest BCUT2D eigenvalue weighted by molar-refractivity contribution is 5.99. The maximum absolute atomic E-state index is 14.1. The molecule has 0 saturated carbocycles. The number of carbonyl (C=O) groups is 1. The summed E-state index contributed by atoms with van der Waals surface area (Å²) in [6, 6.07) is 23.7. The number of alkyl halides is 3. The molecule has 1 aromatic heterocycles. The third-order valence-corrected chi connectivity index (χ3v) is 8.03. The van der Waals surface area contributed by atoms with Crippen LogP contribution in [0.5, 0.6) is 0 Å². The first-order valence-corrected chi connectivity index (χ1v) is 13.6. The van der Waals surface area contributed by atoms with Crippen LogP contribution in [-0.4, -0.2) is 21.9 Å². The molecule has 0 fully saturated rings. The van der Waals surface area contributed by atoms with Gasteiger partial charge in [-0.2, -0.15) is 23.5 Å². The minimum atomic E-state index is -4.53. The lowest BCUT2D eigenvalue weighted by atomic mass is 9.83. The maximum Gasteiger partial charge on any atom is 0.410 e. The molecule has 5 rings (SSSR count). The van der Waals surface area contributed by atoms with Crippen molar-refractivity contribution in [2.75, 3.05) is 5.32 Å². The number of nitrogens with zero attached hydrogens (tertiary/aromatic N) is 3. The zero-order valence-electron chi connectivity index (χ0n) is 22.7. The van der Waals surface area contributed by atoms with Crippen molar-refractivity contribution in [3.63, 3.8) is 0 Å². The van der Waals surface area contributed by atoms with E-state index in [1.807, 2.05) is 56.3 Å². The Labute approximate surface area is 236 Å². The zero-order chi connectivity index (χ0) is 29.2. The van der Waals surface area contributed by atoms with Crippen molar-refractivity contribution < 1.29 is 18.0 Å². The normalized spacial score (nSPS) is 16.8. The Hall–Kier alpha value is -4.58. The number of hydrogen-bond donors (Lipinski definition) is 2. The van der Waals surface area contributed by atoms with Crippen LogP contribution in [0, 0.1) is 11.3 Å². The van der Waals surface area contributed by atoms with Crippen molar-refractivity contribution in [3.8, 4) is 17.2 Å². The van der Waals surface area contributed by atoms with Crippen LogP contribution in [0.3, 0.4) is 0 Å². The van der Waals surface area contributed by atoms with Crippen LogP contribution in [0.1, 0.15) is 72.2 Å². The van der Waals surface area contributed by atoms with Gasteiger partial charge in [-0.25, -0.2) is 4.68 Å². The Bertz CT molecular complexity index is 1550. The lowest BCUT2D eigenvalue weighted by molar-refractivity contribution is -0.173. The molecule has 2 N–H and O–H groups in total. The highest BCUT2D eigenvalue weighted by Crippen LogP contribution is 2.44. The maximum atomic E-state index is 14.1. The SMILES string of the molecule is CCC(CC)(NC(=O)c1cnn2c1NC(c1ccccc1)CC2C(F)(F)F)c1ccc(-c2ccc(C#N)cc2)cc1. The molecule has 2 unspecified atom stereocenters. The predicted octanol–water partition coefficient (Wildman–Crippen LogP) is 7.53. The summed E-state index contributed by atoms with van der Waals surface area (Å²) in [5.41, 5.74) is 3.43. The molecule has 9 heteroatoms. The van der Waals surface area contributed by atoms with Crippen molar-refractivity contribution in [3.05, 3.63) is 107 Å². The number of halogens is 3. The highest BCUT2D eigenvalue weighted by atomic mass is 19.4. The number of amides is 1. The number of rotatable bonds is 7. The van der Waals surface area contributed by atoms with Crippen molar-refractivity contribution in [1.29, 1.82) is 5.26 Å². The number of carbonyl (C=O) groups excluding carboxylic acids is 1. The van der Waals surface area contributed by atoms with Gasteiger partial charge in [0.2, 0.25) is 0 Å². The average Bonchev–Trinajstić information content (AvgIpc) is 3.44. The van der Waals surface area contributed by atoms with E-state index in [-0.39, 0.29) is 17.8 Å². The fraction of sp³-hybridized carbons (Fsp3) is 0.281. The third-order valence-electron chi connectivity index (χ3n) is 8.03. The van der Waals surface area contributed by atoms with E-state index >= 15 is 0 Å². The van der Waals surface area contributed by atoms with E-state index in [9.17, 15) is 18.0 Å². The summed E-state index contributed by atoms with van der Waals surface area (Å²) < 4.78 is 43.2. The first-order chi connectivity index (χ1) is 19.7.